The number of fused-ring (bicyclic) bond motifs is 1. The maximum absolute atomic E-state index is 11.8. The number of hydrogen-bond acceptors (Lipinski definition) is 4. The summed E-state index contributed by atoms with van der Waals surface area (Å²) < 4.78 is 5.46. The summed E-state index contributed by atoms with van der Waals surface area (Å²) in [5.74, 6) is 0.546. The van der Waals surface area contributed by atoms with Crippen LogP contribution in [0.5, 0.6) is 0 Å². The van der Waals surface area contributed by atoms with Crippen molar-refractivity contribution < 1.29 is 19.7 Å². The van der Waals surface area contributed by atoms with Gasteiger partial charge in [-0.15, -0.1) is 0 Å². The minimum Gasteiger partial charge on any atom is -0.465 e. The average Bonchev–Trinajstić information content (AvgIpc) is 2.98. The van der Waals surface area contributed by atoms with Gasteiger partial charge < -0.3 is 14.9 Å². The van der Waals surface area contributed by atoms with E-state index in [-0.39, 0.29) is 30.0 Å². The Balaban J connectivity index is 1.52. The maximum atomic E-state index is 11.8. The van der Waals surface area contributed by atoms with Crippen LogP contribution in [0.15, 0.2) is 30.4 Å². The Morgan fingerprint density at radius 3 is 2.96 bits per heavy atom. The zero-order valence-electron chi connectivity index (χ0n) is 16.6. The molecule has 2 aliphatic rings. The van der Waals surface area contributed by atoms with Gasteiger partial charge in [0.2, 0.25) is 0 Å². The van der Waals surface area contributed by atoms with Gasteiger partial charge >= 0.3 is 5.97 Å². The molecule has 4 nitrogen and oxygen atoms in total. The first-order valence-electron chi connectivity index (χ1n) is 10.7. The highest BCUT2D eigenvalue weighted by Crippen LogP contribution is 2.43. The van der Waals surface area contributed by atoms with Crippen LogP contribution in [0.1, 0.15) is 56.9 Å². The molecule has 1 fully saturated rings. The summed E-state index contributed by atoms with van der Waals surface area (Å²) in [4.78, 5) is 11.8. The van der Waals surface area contributed by atoms with E-state index in [4.69, 9.17) is 4.74 Å². The van der Waals surface area contributed by atoms with Crippen molar-refractivity contribution in [3.05, 3.63) is 48.0 Å². The number of allylic oxidation sites excluding steroid dienone is 2. The van der Waals surface area contributed by atoms with E-state index in [0.717, 1.165) is 37.7 Å². The van der Waals surface area contributed by atoms with Crippen molar-refractivity contribution in [1.82, 2.24) is 0 Å². The molecule has 28 heavy (non-hydrogen) atoms. The second kappa shape index (κ2) is 10.6. The summed E-state index contributed by atoms with van der Waals surface area (Å²) in [7, 11) is 0. The highest BCUT2D eigenvalue weighted by molar-refractivity contribution is 5.69. The summed E-state index contributed by atoms with van der Waals surface area (Å²) in [6.45, 7) is 0.412. The fourth-order valence-corrected chi connectivity index (χ4v) is 4.66. The highest BCUT2D eigenvalue weighted by Gasteiger charge is 2.42. The number of esters is 1. The zero-order valence-corrected chi connectivity index (χ0v) is 16.6. The number of aliphatic hydroxyl groups excluding tert-OH is 2. The van der Waals surface area contributed by atoms with Crippen LogP contribution in [0.2, 0.25) is 0 Å². The summed E-state index contributed by atoms with van der Waals surface area (Å²) in [5.41, 5.74) is 1.16. The molecule has 0 radical (unpaired) electrons. The molecule has 4 heteroatoms. The number of ether oxygens (including phenoxy) is 1. The van der Waals surface area contributed by atoms with E-state index in [2.05, 4.69) is 24.3 Å². The molecule has 0 aromatic heterocycles. The van der Waals surface area contributed by atoms with E-state index in [0.29, 0.717) is 38.2 Å². The number of cyclic esters (lactones) is 1. The molecule has 3 rings (SSSR count). The third kappa shape index (κ3) is 6.09. The molecule has 1 aromatic carbocycles. The van der Waals surface area contributed by atoms with E-state index >= 15 is 0 Å². The number of carbonyl (C=O) groups is 1. The van der Waals surface area contributed by atoms with Crippen LogP contribution in [0.25, 0.3) is 0 Å². The van der Waals surface area contributed by atoms with Gasteiger partial charge in [-0.2, -0.15) is 0 Å². The van der Waals surface area contributed by atoms with Gasteiger partial charge in [0.25, 0.3) is 0 Å². The molecule has 152 valence electrons. The van der Waals surface area contributed by atoms with Gasteiger partial charge in [0.05, 0.1) is 18.8 Å². The number of aliphatic hydroxyl groups is 2. The predicted octanol–water partition coefficient (Wildman–Crippen LogP) is 3.65. The summed E-state index contributed by atoms with van der Waals surface area (Å²) in [6.07, 6.45) is 10.4. The molecule has 1 unspecified atom stereocenters. The van der Waals surface area contributed by atoms with Gasteiger partial charge in [0.1, 0.15) is 0 Å². The molecule has 0 amide bonds. The molecular weight excluding hydrogens is 352 g/mol. The van der Waals surface area contributed by atoms with Crippen molar-refractivity contribution in [3.8, 4) is 0 Å². The van der Waals surface area contributed by atoms with Crippen LogP contribution < -0.4 is 0 Å². The summed E-state index contributed by atoms with van der Waals surface area (Å²) in [6, 6.07) is 11.6. The minimum atomic E-state index is -0.378. The first-order valence-corrected chi connectivity index (χ1v) is 10.7. The Labute approximate surface area is 168 Å². The number of aryl methyl sites for hydroxylation is 1. The molecule has 1 aromatic rings. The molecule has 2 N–H and O–H groups in total. The first-order chi connectivity index (χ1) is 13.6. The quantitative estimate of drug-likeness (QED) is 0.580. The normalized spacial score (nSPS) is 30.4. The zero-order chi connectivity index (χ0) is 19.8. The van der Waals surface area contributed by atoms with E-state index < -0.39 is 0 Å². The maximum Gasteiger partial charge on any atom is 0.305 e. The third-order valence-corrected chi connectivity index (χ3v) is 6.30. The number of hydrogen-bond donors (Lipinski definition) is 2. The van der Waals surface area contributed by atoms with E-state index in [1.165, 1.54) is 0 Å². The van der Waals surface area contributed by atoms with Crippen molar-refractivity contribution >= 4 is 5.97 Å². The van der Waals surface area contributed by atoms with Gasteiger partial charge in [0, 0.05) is 6.42 Å². The number of rotatable bonds is 6. The smallest absolute Gasteiger partial charge is 0.305 e. The van der Waals surface area contributed by atoms with Crippen LogP contribution in [0.4, 0.5) is 0 Å². The van der Waals surface area contributed by atoms with Crippen LogP contribution in [0, 0.1) is 29.9 Å². The van der Waals surface area contributed by atoms with Crippen molar-refractivity contribution in [2.75, 3.05) is 6.61 Å². The van der Waals surface area contributed by atoms with Gasteiger partial charge in [-0.05, 0) is 86.8 Å². The second-order valence-electron chi connectivity index (χ2n) is 8.28. The summed E-state index contributed by atoms with van der Waals surface area (Å²) >= 11 is 0. The molecule has 5 atom stereocenters. The Kier molecular flexibility index (Phi) is 7.94. The lowest BCUT2D eigenvalue weighted by Crippen LogP contribution is -2.24. The lowest BCUT2D eigenvalue weighted by Gasteiger charge is -2.25. The van der Waals surface area contributed by atoms with Gasteiger partial charge in [0.15, 0.2) is 0 Å². The molecule has 1 aliphatic carbocycles. The van der Waals surface area contributed by atoms with Crippen LogP contribution in [0.3, 0.4) is 0 Å². The minimum absolute atomic E-state index is 0.127. The van der Waals surface area contributed by atoms with Gasteiger partial charge in [-0.1, -0.05) is 30.4 Å². The van der Waals surface area contributed by atoms with Gasteiger partial charge in [-0.3, -0.25) is 4.79 Å². The van der Waals surface area contributed by atoms with Crippen molar-refractivity contribution in [3.63, 3.8) is 0 Å². The predicted molar refractivity (Wildman–Crippen MR) is 107 cm³/mol. The SMILES string of the molecule is O=C1CCC/C=C\C[C@@H]2C(CC[C@@H](O)CCc3cc#ccc3)[C@H](O)C[C@@H]2CO1. The molecule has 0 bridgehead atoms. The molecule has 1 aliphatic heterocycles. The molecule has 0 spiro atoms. The third-order valence-electron chi connectivity index (χ3n) is 6.30. The molecule has 1 saturated carbocycles. The largest absolute Gasteiger partial charge is 0.465 e. The average molecular weight is 385 g/mol. The van der Waals surface area contributed by atoms with Crippen molar-refractivity contribution in [2.45, 2.75) is 70.0 Å². The molecule has 0 saturated heterocycles. The monoisotopic (exact) mass is 384 g/mol. The van der Waals surface area contributed by atoms with Crippen LogP contribution >= 0.6 is 0 Å². The van der Waals surface area contributed by atoms with Crippen molar-refractivity contribution in [1.29, 1.82) is 0 Å². The van der Waals surface area contributed by atoms with E-state index in [1.807, 2.05) is 18.2 Å². The van der Waals surface area contributed by atoms with Crippen LogP contribution in [-0.2, 0) is 16.0 Å². The van der Waals surface area contributed by atoms with E-state index in [1.54, 1.807) is 0 Å². The Hall–Kier alpha value is -1.83. The number of carbonyl (C=O) groups excluding carboxylic acids is 1. The van der Waals surface area contributed by atoms with Gasteiger partial charge in [-0.25, -0.2) is 0 Å². The molecular formula is C24H32O4. The lowest BCUT2D eigenvalue weighted by molar-refractivity contribution is -0.145. The topological polar surface area (TPSA) is 66.8 Å². The Bertz CT molecular complexity index is 627. The Morgan fingerprint density at radius 1 is 1.25 bits per heavy atom. The fraction of sp³-hybridized carbons (Fsp3) is 0.625. The second-order valence-corrected chi connectivity index (χ2v) is 8.28. The van der Waals surface area contributed by atoms with Crippen LogP contribution in [-0.4, -0.2) is 35.0 Å². The van der Waals surface area contributed by atoms with E-state index in [9.17, 15) is 15.0 Å². The first kappa shape index (κ1) is 20.9. The molecule has 1 heterocycles. The standard InChI is InChI=1S/C24H32O4/c25-20(13-12-18-8-4-3-5-9-18)14-15-22-21-10-6-1-2-7-11-24(27)28-17-19(21)16-23(22)26/h1,4,6,8-9,19-23,25-26H,2,7,10-17H2/b6-1-/t19-,20+,21+,22?,23-/m1/s1. The fourth-order valence-electron chi connectivity index (χ4n) is 4.66. The lowest BCUT2D eigenvalue weighted by atomic mass is 9.83. The van der Waals surface area contributed by atoms with Crippen molar-refractivity contribution in [2.24, 2.45) is 17.8 Å². The Morgan fingerprint density at radius 2 is 2.14 bits per heavy atom. The summed E-state index contributed by atoms with van der Waals surface area (Å²) in [5, 5.41) is 21.1. The highest BCUT2D eigenvalue weighted by atomic mass is 16.5.